The molecule has 19 heavy (non-hydrogen) atoms. The highest BCUT2D eigenvalue weighted by Crippen LogP contribution is 2.45. The van der Waals surface area contributed by atoms with Crippen LogP contribution in [0.4, 0.5) is 0 Å². The number of aliphatic carboxylic acids is 1. The topological polar surface area (TPSA) is 101 Å². The van der Waals surface area contributed by atoms with Crippen molar-refractivity contribution >= 4 is 21.4 Å². The monoisotopic (exact) mass is 284 g/mol. The SMILES string of the molecule is COc1cccc2c1C(C(O)C(=O)O)=C(C)S2(=O)=O. The number of benzene rings is 1. The molecule has 1 unspecified atom stereocenters. The molecule has 0 amide bonds. The fraction of sp³-hybridized carbons (Fsp3) is 0.250. The van der Waals surface area contributed by atoms with E-state index in [0.29, 0.717) is 0 Å². The van der Waals surface area contributed by atoms with E-state index in [1.165, 1.54) is 32.2 Å². The van der Waals surface area contributed by atoms with Gasteiger partial charge < -0.3 is 14.9 Å². The Morgan fingerprint density at radius 1 is 1.37 bits per heavy atom. The molecule has 1 aliphatic heterocycles. The van der Waals surface area contributed by atoms with Crippen LogP contribution in [-0.4, -0.2) is 37.8 Å². The van der Waals surface area contributed by atoms with Crippen molar-refractivity contribution in [1.29, 1.82) is 0 Å². The van der Waals surface area contributed by atoms with Gasteiger partial charge in [-0.3, -0.25) is 0 Å². The van der Waals surface area contributed by atoms with Crippen molar-refractivity contribution < 1.29 is 28.2 Å². The highest BCUT2D eigenvalue weighted by molar-refractivity contribution is 7.95. The maximum absolute atomic E-state index is 12.2. The number of carboxylic acids is 1. The third-order valence-electron chi connectivity index (χ3n) is 3.06. The number of ether oxygens (including phenoxy) is 1. The van der Waals surface area contributed by atoms with Gasteiger partial charge in [-0.15, -0.1) is 0 Å². The molecule has 0 saturated heterocycles. The molecule has 0 radical (unpaired) electrons. The fourth-order valence-corrected chi connectivity index (χ4v) is 3.68. The Morgan fingerprint density at radius 3 is 2.53 bits per heavy atom. The number of allylic oxidation sites excluding steroid dienone is 1. The van der Waals surface area contributed by atoms with Crippen LogP contribution in [0.3, 0.4) is 0 Å². The van der Waals surface area contributed by atoms with Crippen LogP contribution in [0, 0.1) is 0 Å². The van der Waals surface area contributed by atoms with E-state index in [4.69, 9.17) is 9.84 Å². The minimum absolute atomic E-state index is 0.0420. The Hall–Kier alpha value is -1.86. The maximum atomic E-state index is 12.2. The predicted octanol–water partition coefficient (Wildman–Crippen LogP) is 0.659. The summed E-state index contributed by atoms with van der Waals surface area (Å²) in [6.45, 7) is 1.27. The number of aliphatic hydroxyl groups excluding tert-OH is 1. The van der Waals surface area contributed by atoms with Crippen molar-refractivity contribution in [1.82, 2.24) is 0 Å². The summed E-state index contributed by atoms with van der Waals surface area (Å²) in [7, 11) is -2.42. The molecule has 1 heterocycles. The highest BCUT2D eigenvalue weighted by atomic mass is 32.2. The molecule has 7 heteroatoms. The van der Waals surface area contributed by atoms with E-state index in [1.54, 1.807) is 0 Å². The van der Waals surface area contributed by atoms with E-state index >= 15 is 0 Å². The van der Waals surface area contributed by atoms with Gasteiger partial charge in [-0.05, 0) is 19.1 Å². The van der Waals surface area contributed by atoms with Crippen molar-refractivity contribution in [3.05, 3.63) is 28.7 Å². The van der Waals surface area contributed by atoms with Gasteiger partial charge in [-0.25, -0.2) is 13.2 Å². The first-order valence-corrected chi connectivity index (χ1v) is 6.84. The van der Waals surface area contributed by atoms with Gasteiger partial charge in [0.05, 0.1) is 16.9 Å². The van der Waals surface area contributed by atoms with Gasteiger partial charge in [-0.1, -0.05) is 6.07 Å². The second-order valence-corrected chi connectivity index (χ2v) is 6.11. The van der Waals surface area contributed by atoms with Gasteiger partial charge in [0, 0.05) is 11.1 Å². The van der Waals surface area contributed by atoms with E-state index in [1.807, 2.05) is 0 Å². The quantitative estimate of drug-likeness (QED) is 0.845. The molecule has 0 saturated carbocycles. The van der Waals surface area contributed by atoms with E-state index in [0.717, 1.165) is 0 Å². The molecule has 6 nitrogen and oxygen atoms in total. The molecule has 0 aromatic heterocycles. The lowest BCUT2D eigenvalue weighted by Crippen LogP contribution is -2.21. The molecule has 0 bridgehead atoms. The molecule has 1 aliphatic rings. The molecular formula is C12H12O6S. The predicted molar refractivity (Wildman–Crippen MR) is 66.4 cm³/mol. The summed E-state index contributed by atoms with van der Waals surface area (Å²) in [5, 5.41) is 18.6. The number of methoxy groups -OCH3 is 1. The van der Waals surface area contributed by atoms with E-state index in [-0.39, 0.29) is 26.7 Å². The number of rotatable bonds is 3. The third-order valence-corrected chi connectivity index (χ3v) is 5.00. The smallest absolute Gasteiger partial charge is 0.337 e. The second kappa shape index (κ2) is 4.36. The zero-order valence-electron chi connectivity index (χ0n) is 10.2. The van der Waals surface area contributed by atoms with Crippen LogP contribution < -0.4 is 4.74 Å². The van der Waals surface area contributed by atoms with Crippen LogP contribution in [0.1, 0.15) is 12.5 Å². The summed E-state index contributed by atoms with van der Waals surface area (Å²) in [5.74, 6) is -1.29. The van der Waals surface area contributed by atoms with Crippen LogP contribution >= 0.6 is 0 Å². The van der Waals surface area contributed by atoms with Crippen LogP contribution in [0.15, 0.2) is 28.0 Å². The zero-order chi connectivity index (χ0) is 14.4. The third kappa shape index (κ3) is 1.82. The highest BCUT2D eigenvalue weighted by Gasteiger charge is 2.40. The first-order valence-electron chi connectivity index (χ1n) is 5.36. The molecule has 0 aliphatic carbocycles. The number of carboxylic acid groups (broad SMARTS) is 1. The Balaban J connectivity index is 2.84. The molecule has 2 N–H and O–H groups in total. The average molecular weight is 284 g/mol. The molecule has 0 fully saturated rings. The summed E-state index contributed by atoms with van der Waals surface area (Å²) in [6, 6.07) is 4.37. The van der Waals surface area contributed by atoms with Gasteiger partial charge in [-0.2, -0.15) is 0 Å². The Morgan fingerprint density at radius 2 is 2.00 bits per heavy atom. The molecular weight excluding hydrogens is 272 g/mol. The van der Waals surface area contributed by atoms with Crippen molar-refractivity contribution in [3.8, 4) is 5.75 Å². The lowest BCUT2D eigenvalue weighted by molar-refractivity contribution is -0.143. The summed E-state index contributed by atoms with van der Waals surface area (Å²) in [5.41, 5.74) is -0.0163. The van der Waals surface area contributed by atoms with Crippen LogP contribution in [-0.2, 0) is 14.6 Å². The minimum Gasteiger partial charge on any atom is -0.496 e. The van der Waals surface area contributed by atoms with Crippen molar-refractivity contribution in [3.63, 3.8) is 0 Å². The molecule has 1 atom stereocenters. The number of sulfone groups is 1. The average Bonchev–Trinajstić information content (AvgIpc) is 2.57. The number of fused-ring (bicyclic) bond motifs is 1. The molecule has 102 valence electrons. The summed E-state index contributed by atoms with van der Waals surface area (Å²) >= 11 is 0. The number of carbonyl (C=O) groups is 1. The van der Waals surface area contributed by atoms with Gasteiger partial charge in [0.1, 0.15) is 5.75 Å². The summed E-state index contributed by atoms with van der Waals surface area (Å²) < 4.78 is 29.4. The Labute approximate surface area is 109 Å². The maximum Gasteiger partial charge on any atom is 0.337 e. The molecule has 1 aromatic rings. The standard InChI is InChI=1S/C12H12O6S/c1-6-9(11(13)12(14)15)10-7(18-2)4-3-5-8(10)19(6,16)17/h3-5,11,13H,1-2H3,(H,14,15). The normalized spacial score (nSPS) is 18.1. The lowest BCUT2D eigenvalue weighted by Gasteiger charge is -2.12. The minimum atomic E-state index is -3.77. The van der Waals surface area contributed by atoms with Gasteiger partial charge in [0.25, 0.3) is 0 Å². The van der Waals surface area contributed by atoms with Gasteiger partial charge >= 0.3 is 5.97 Å². The first kappa shape index (κ1) is 13.6. The molecule has 0 spiro atoms. The summed E-state index contributed by atoms with van der Waals surface area (Å²) in [6.07, 6.45) is -1.91. The number of aliphatic hydroxyl groups is 1. The molecule has 1 aromatic carbocycles. The van der Waals surface area contributed by atoms with Gasteiger partial charge in [0.2, 0.25) is 9.84 Å². The fourth-order valence-electron chi connectivity index (χ4n) is 2.11. The lowest BCUT2D eigenvalue weighted by atomic mass is 9.99. The van der Waals surface area contributed by atoms with Crippen molar-refractivity contribution in [2.75, 3.05) is 7.11 Å². The number of hydrogen-bond acceptors (Lipinski definition) is 5. The van der Waals surface area contributed by atoms with E-state index in [2.05, 4.69) is 0 Å². The number of hydrogen-bond donors (Lipinski definition) is 2. The van der Waals surface area contributed by atoms with Crippen LogP contribution in [0.2, 0.25) is 0 Å². The van der Waals surface area contributed by atoms with Crippen molar-refractivity contribution in [2.24, 2.45) is 0 Å². The van der Waals surface area contributed by atoms with Crippen LogP contribution in [0.5, 0.6) is 5.75 Å². The van der Waals surface area contributed by atoms with Crippen LogP contribution in [0.25, 0.3) is 5.57 Å². The molecule has 2 rings (SSSR count). The second-order valence-electron chi connectivity index (χ2n) is 4.05. The van der Waals surface area contributed by atoms with Gasteiger partial charge in [0.15, 0.2) is 6.10 Å². The van der Waals surface area contributed by atoms with Crippen molar-refractivity contribution in [2.45, 2.75) is 17.9 Å². The van der Waals surface area contributed by atoms with E-state index in [9.17, 15) is 18.3 Å². The Bertz CT molecular complexity index is 686. The zero-order valence-corrected chi connectivity index (χ0v) is 11.1. The Kier molecular flexibility index (Phi) is 3.11. The summed E-state index contributed by atoms with van der Waals surface area (Å²) in [4.78, 5) is 10.7. The largest absolute Gasteiger partial charge is 0.496 e. The first-order chi connectivity index (χ1) is 8.82. The van der Waals surface area contributed by atoms with E-state index < -0.39 is 21.9 Å².